The van der Waals surface area contributed by atoms with Gasteiger partial charge in [-0.2, -0.15) is 0 Å². The van der Waals surface area contributed by atoms with Crippen molar-refractivity contribution in [2.45, 2.75) is 88.0 Å². The number of pyridine rings is 1. The Kier molecular flexibility index (Phi) is 37.4. The van der Waals surface area contributed by atoms with Gasteiger partial charge in [0.05, 0.1) is 6.34 Å². The molecule has 1 heterocycles. The van der Waals surface area contributed by atoms with Crippen molar-refractivity contribution in [2.75, 3.05) is 24.7 Å². The van der Waals surface area contributed by atoms with Gasteiger partial charge < -0.3 is 20.7 Å². The zero-order chi connectivity index (χ0) is 27.9. The molecule has 6 heteroatoms. The van der Waals surface area contributed by atoms with E-state index in [2.05, 4.69) is 53.3 Å². The summed E-state index contributed by atoms with van der Waals surface area (Å²) in [7, 11) is 3.65. The van der Waals surface area contributed by atoms with Crippen molar-refractivity contribution in [3.05, 3.63) is 48.7 Å². The van der Waals surface area contributed by atoms with E-state index >= 15 is 0 Å². The summed E-state index contributed by atoms with van der Waals surface area (Å²) < 4.78 is 0. The van der Waals surface area contributed by atoms with Crippen molar-refractivity contribution >= 4 is 29.9 Å². The molecule has 0 fully saturated rings. The van der Waals surface area contributed by atoms with E-state index in [1.54, 1.807) is 12.4 Å². The van der Waals surface area contributed by atoms with E-state index in [4.69, 9.17) is 4.79 Å². The molecule has 0 saturated heterocycles. The van der Waals surface area contributed by atoms with Crippen LogP contribution < -0.4 is 16.0 Å². The smallest absolute Gasteiger partial charge is 0.154 e. The van der Waals surface area contributed by atoms with E-state index in [9.17, 15) is 0 Å². The average Bonchev–Trinajstić information content (AvgIpc) is 2.89. The highest BCUT2D eigenvalue weighted by molar-refractivity contribution is 5.71. The van der Waals surface area contributed by atoms with E-state index in [1.165, 1.54) is 32.6 Å². The van der Waals surface area contributed by atoms with Gasteiger partial charge in [-0.3, -0.25) is 0 Å². The molecule has 0 amide bonds. The fourth-order valence-corrected chi connectivity index (χ4v) is 2.58. The summed E-state index contributed by atoms with van der Waals surface area (Å²) in [5.74, 6) is 2.48. The second kappa shape index (κ2) is 33.3. The Hall–Kier alpha value is -2.89. The molecule has 1 aromatic rings. The van der Waals surface area contributed by atoms with Crippen LogP contribution in [0.5, 0.6) is 0 Å². The maximum atomic E-state index is 8.81. The van der Waals surface area contributed by atoms with Crippen LogP contribution in [0.25, 0.3) is 0 Å². The number of hydrogen-bond donors (Lipinski definition) is 3. The lowest BCUT2D eigenvalue weighted by atomic mass is 10.0. The van der Waals surface area contributed by atoms with Crippen LogP contribution in [-0.2, 0) is 4.79 Å². The minimum Gasteiger partial charge on any atom is -0.373 e. The summed E-state index contributed by atoms with van der Waals surface area (Å²) >= 11 is 0. The van der Waals surface area contributed by atoms with Crippen molar-refractivity contribution in [1.82, 2.24) is 10.3 Å². The van der Waals surface area contributed by atoms with E-state index in [0.717, 1.165) is 35.2 Å². The number of allylic oxidation sites excluding steroid dienone is 4. The summed E-state index contributed by atoms with van der Waals surface area (Å²) in [4.78, 5) is 17.5. The number of aliphatic imine (C=N–C) groups is 1. The van der Waals surface area contributed by atoms with Crippen LogP contribution in [0.3, 0.4) is 0 Å². The first-order valence-corrected chi connectivity index (χ1v) is 13.0. The maximum absolute atomic E-state index is 8.81. The minimum atomic E-state index is 0.721. The Morgan fingerprint density at radius 3 is 2.00 bits per heavy atom. The molecule has 202 valence electrons. The zero-order valence-electron chi connectivity index (χ0n) is 24.5. The van der Waals surface area contributed by atoms with Crippen molar-refractivity contribution < 1.29 is 4.79 Å². The summed E-state index contributed by atoms with van der Waals surface area (Å²) in [6.45, 7) is 21.9. The van der Waals surface area contributed by atoms with Crippen LogP contribution >= 0.6 is 0 Å². The first-order chi connectivity index (χ1) is 17.0. The van der Waals surface area contributed by atoms with E-state index < -0.39 is 0 Å². The predicted molar refractivity (Wildman–Crippen MR) is 161 cm³/mol. The average molecular weight is 490 g/mol. The molecule has 0 atom stereocenters. The summed E-state index contributed by atoms with van der Waals surface area (Å²) in [5, 5.41) is 9.11. The third-order valence-corrected chi connectivity index (χ3v) is 4.09. The minimum absolute atomic E-state index is 0.721. The van der Waals surface area contributed by atoms with Crippen LogP contribution in [0, 0.1) is 5.92 Å². The van der Waals surface area contributed by atoms with Crippen LogP contribution in [0.1, 0.15) is 88.0 Å². The van der Waals surface area contributed by atoms with Gasteiger partial charge in [-0.1, -0.05) is 99.0 Å². The number of aldehydes is 1. The highest BCUT2D eigenvalue weighted by Gasteiger charge is 2.01. The normalized spacial score (nSPS) is 9.89. The molecule has 0 saturated carbocycles. The molecule has 0 radical (unpaired) electrons. The molecule has 0 aliphatic heterocycles. The molecule has 0 aliphatic rings. The second-order valence-corrected chi connectivity index (χ2v) is 6.72. The molecule has 35 heavy (non-hydrogen) atoms. The number of carbonyl (C=O) groups excluding carboxylic acids is 1. The molecule has 3 N–H and O–H groups in total. The molecule has 0 spiro atoms. The van der Waals surface area contributed by atoms with E-state index in [1.807, 2.05) is 79.1 Å². The van der Waals surface area contributed by atoms with Crippen molar-refractivity contribution in [3.63, 3.8) is 0 Å². The van der Waals surface area contributed by atoms with Crippen molar-refractivity contribution in [2.24, 2.45) is 10.9 Å². The largest absolute Gasteiger partial charge is 0.373 e. The SMILES string of the molecule is C=C/C=C\C(=C/C)NC=Nc1ccc(NC)nc1NC.CC.CC.CC=O.CCCC(C)CCC. The Morgan fingerprint density at radius 1 is 1.06 bits per heavy atom. The lowest BCUT2D eigenvalue weighted by molar-refractivity contribution is -0.106. The molecule has 6 nitrogen and oxygen atoms in total. The van der Waals surface area contributed by atoms with Gasteiger partial charge in [0.15, 0.2) is 5.82 Å². The highest BCUT2D eigenvalue weighted by atomic mass is 16.1. The predicted octanol–water partition coefficient (Wildman–Crippen LogP) is 8.54. The van der Waals surface area contributed by atoms with Gasteiger partial charge in [-0.25, -0.2) is 9.98 Å². The van der Waals surface area contributed by atoms with Crippen LogP contribution in [0.4, 0.5) is 17.3 Å². The first-order valence-electron chi connectivity index (χ1n) is 13.0. The molecule has 0 aromatic carbocycles. The maximum Gasteiger partial charge on any atom is 0.154 e. The van der Waals surface area contributed by atoms with Gasteiger partial charge in [0, 0.05) is 19.8 Å². The second-order valence-electron chi connectivity index (χ2n) is 6.72. The molecular weight excluding hydrogens is 434 g/mol. The Bertz CT molecular complexity index is 676. The Morgan fingerprint density at radius 2 is 1.60 bits per heavy atom. The van der Waals surface area contributed by atoms with Crippen molar-refractivity contribution in [1.29, 1.82) is 0 Å². The van der Waals surface area contributed by atoms with Gasteiger partial charge in [0.2, 0.25) is 0 Å². The fraction of sp³-hybridized carbons (Fsp3) is 0.552. The number of aromatic nitrogens is 1. The van der Waals surface area contributed by atoms with Gasteiger partial charge in [-0.15, -0.1) is 0 Å². The zero-order valence-corrected chi connectivity index (χ0v) is 24.5. The number of anilines is 2. The monoisotopic (exact) mass is 489 g/mol. The fourth-order valence-electron chi connectivity index (χ4n) is 2.58. The Balaban J connectivity index is -0.000000266. The molecule has 0 aliphatic carbocycles. The van der Waals surface area contributed by atoms with Crippen LogP contribution in [-0.4, -0.2) is 31.7 Å². The van der Waals surface area contributed by atoms with E-state index in [-0.39, 0.29) is 0 Å². The number of nitrogens with one attached hydrogen (secondary N) is 3. The third kappa shape index (κ3) is 25.6. The van der Waals surface area contributed by atoms with Gasteiger partial charge in [-0.05, 0) is 38.0 Å². The molecular formula is C29H55N5O. The summed E-state index contributed by atoms with van der Waals surface area (Å²) in [5.41, 5.74) is 1.71. The molecule has 0 unspecified atom stereocenters. The Labute approximate surface area is 217 Å². The highest BCUT2D eigenvalue weighted by Crippen LogP contribution is 2.23. The van der Waals surface area contributed by atoms with Gasteiger partial charge >= 0.3 is 0 Å². The van der Waals surface area contributed by atoms with Crippen molar-refractivity contribution in [3.8, 4) is 0 Å². The van der Waals surface area contributed by atoms with E-state index in [0.29, 0.717) is 0 Å². The first kappa shape index (κ1) is 39.3. The van der Waals surface area contributed by atoms with Crippen LogP contribution in [0.2, 0.25) is 0 Å². The number of rotatable bonds is 11. The molecule has 0 bridgehead atoms. The van der Waals surface area contributed by atoms with Crippen LogP contribution in [0.15, 0.2) is 53.7 Å². The molecule has 1 rings (SSSR count). The van der Waals surface area contributed by atoms with Gasteiger partial charge in [0.25, 0.3) is 0 Å². The number of hydrogen-bond acceptors (Lipinski definition) is 5. The number of nitrogens with zero attached hydrogens (tertiary/aromatic N) is 2. The number of carbonyl (C=O) groups is 1. The lowest BCUT2D eigenvalue weighted by Crippen LogP contribution is -2.08. The quantitative estimate of drug-likeness (QED) is 0.126. The topological polar surface area (TPSA) is 78.4 Å². The lowest BCUT2D eigenvalue weighted by Gasteiger charge is -2.06. The third-order valence-electron chi connectivity index (χ3n) is 4.09. The molecule has 1 aromatic heterocycles. The summed E-state index contributed by atoms with van der Waals surface area (Å²) in [6, 6.07) is 3.78. The summed E-state index contributed by atoms with van der Waals surface area (Å²) in [6.07, 6.45) is 15.4. The standard InChI is InChI=1S/C15H21N5.C8H18.C2H4O.2C2H6/c1-5-7-8-12(6-2)18-11-19-13-9-10-14(16-3)20-15(13)17-4;1-4-6-8(3)7-5-2;1-2-3;2*1-2/h5-11H,1H2,2-4H3,(H,18,19)(H2,16,17,20);8H,4-7H2,1-3H3;2H,1H3;2*1-2H3/b8-7-,12-6+;;;;. The van der Waals surface area contributed by atoms with Gasteiger partial charge in [0.1, 0.15) is 17.8 Å².